The molecule has 0 atom stereocenters. The van der Waals surface area contributed by atoms with Crippen molar-refractivity contribution in [2.45, 2.75) is 6.92 Å². The Morgan fingerprint density at radius 2 is 1.58 bits per heavy atom. The molecule has 19 heavy (non-hydrogen) atoms. The summed E-state index contributed by atoms with van der Waals surface area (Å²) in [5.74, 6) is 1.04. The summed E-state index contributed by atoms with van der Waals surface area (Å²) >= 11 is 0. The van der Waals surface area contributed by atoms with Gasteiger partial charge in [-0.15, -0.1) is 0 Å². The van der Waals surface area contributed by atoms with Crippen molar-refractivity contribution in [3.8, 4) is 17.2 Å². The number of benzene rings is 1. The third kappa shape index (κ3) is 4.11. The Balaban J connectivity index is 3.15. The van der Waals surface area contributed by atoms with E-state index in [4.69, 9.17) is 23.7 Å². The van der Waals surface area contributed by atoms with Gasteiger partial charge in [0, 0.05) is 26.4 Å². The fourth-order valence-corrected chi connectivity index (χ4v) is 1.52. The third-order valence-corrected chi connectivity index (χ3v) is 2.29. The molecular formula is C13H18O6. The summed E-state index contributed by atoms with van der Waals surface area (Å²) in [5.41, 5.74) is 0.351. The van der Waals surface area contributed by atoms with E-state index in [1.165, 1.54) is 28.3 Å². The average Bonchev–Trinajstić information content (AvgIpc) is 2.41. The van der Waals surface area contributed by atoms with Gasteiger partial charge in [0.1, 0.15) is 22.8 Å². The van der Waals surface area contributed by atoms with E-state index >= 15 is 0 Å². The molecule has 1 aromatic carbocycles. The van der Waals surface area contributed by atoms with E-state index in [0.29, 0.717) is 22.8 Å². The number of hydrogen-bond acceptors (Lipinski definition) is 6. The summed E-state index contributed by atoms with van der Waals surface area (Å²) < 4.78 is 25.5. The Morgan fingerprint density at radius 3 is 2.11 bits per heavy atom. The largest absolute Gasteiger partial charge is 0.496 e. The first-order chi connectivity index (χ1) is 9.13. The molecule has 0 radical (unpaired) electrons. The minimum absolute atomic E-state index is 0.0250. The van der Waals surface area contributed by atoms with Gasteiger partial charge in [-0.1, -0.05) is 0 Å². The molecule has 0 fully saturated rings. The summed E-state index contributed by atoms with van der Waals surface area (Å²) in [7, 11) is 4.49. The second kappa shape index (κ2) is 7.60. The first-order valence-electron chi connectivity index (χ1n) is 5.60. The monoisotopic (exact) mass is 270 g/mol. The molecule has 6 nitrogen and oxygen atoms in total. The highest BCUT2D eigenvalue weighted by Crippen LogP contribution is 2.34. The van der Waals surface area contributed by atoms with E-state index in [2.05, 4.69) is 0 Å². The van der Waals surface area contributed by atoms with Crippen molar-refractivity contribution in [1.29, 1.82) is 0 Å². The van der Waals surface area contributed by atoms with Crippen molar-refractivity contribution in [1.82, 2.24) is 0 Å². The molecule has 106 valence electrons. The van der Waals surface area contributed by atoms with Crippen molar-refractivity contribution >= 4 is 5.78 Å². The van der Waals surface area contributed by atoms with Gasteiger partial charge in [-0.25, -0.2) is 0 Å². The molecule has 6 heteroatoms. The average molecular weight is 270 g/mol. The molecule has 0 N–H and O–H groups in total. The van der Waals surface area contributed by atoms with Crippen LogP contribution in [0.5, 0.6) is 17.2 Å². The van der Waals surface area contributed by atoms with Crippen LogP contribution in [0.1, 0.15) is 17.3 Å². The molecule has 1 rings (SSSR count). The maximum atomic E-state index is 11.7. The molecule has 1 aromatic rings. The molecule has 0 heterocycles. The minimum atomic E-state index is -0.166. The number of ketones is 1. The quantitative estimate of drug-likeness (QED) is 0.530. The maximum absolute atomic E-state index is 11.7. The van der Waals surface area contributed by atoms with Crippen LogP contribution in [0.25, 0.3) is 0 Å². The second-order valence-electron chi connectivity index (χ2n) is 3.66. The first kappa shape index (κ1) is 15.3. The Bertz CT molecular complexity index is 429. The number of Topliss-reactive ketones (excluding diaryl/α,β-unsaturated/α-hetero) is 1. The molecule has 0 spiro atoms. The van der Waals surface area contributed by atoms with Crippen LogP contribution >= 0.6 is 0 Å². The van der Waals surface area contributed by atoms with Crippen LogP contribution in [-0.2, 0) is 9.47 Å². The standard InChI is InChI=1S/C13H18O6/c1-9(14)13-11(17-4)5-10(18-7-15-2)6-12(13)19-8-16-3/h5-6H,7-8H2,1-4H3. The summed E-state index contributed by atoms with van der Waals surface area (Å²) in [6.07, 6.45) is 0. The van der Waals surface area contributed by atoms with Gasteiger partial charge in [0.05, 0.1) is 7.11 Å². The minimum Gasteiger partial charge on any atom is -0.496 e. The number of ether oxygens (including phenoxy) is 5. The molecule has 0 bridgehead atoms. The smallest absolute Gasteiger partial charge is 0.188 e. The van der Waals surface area contributed by atoms with Crippen LogP contribution in [0.3, 0.4) is 0 Å². The summed E-state index contributed by atoms with van der Waals surface area (Å²) in [6.45, 7) is 1.55. The Hall–Kier alpha value is -1.79. The predicted molar refractivity (Wildman–Crippen MR) is 68.0 cm³/mol. The summed E-state index contributed by atoms with van der Waals surface area (Å²) in [4.78, 5) is 11.7. The van der Waals surface area contributed by atoms with Crippen LogP contribution in [0.4, 0.5) is 0 Å². The van der Waals surface area contributed by atoms with E-state index in [0.717, 1.165) is 0 Å². The molecule has 0 aliphatic heterocycles. The Morgan fingerprint density at radius 1 is 1.00 bits per heavy atom. The van der Waals surface area contributed by atoms with Gasteiger partial charge in [0.25, 0.3) is 0 Å². The van der Waals surface area contributed by atoms with Gasteiger partial charge < -0.3 is 23.7 Å². The topological polar surface area (TPSA) is 63.2 Å². The number of methoxy groups -OCH3 is 3. The van der Waals surface area contributed by atoms with Gasteiger partial charge in [0.2, 0.25) is 0 Å². The Kier molecular flexibility index (Phi) is 6.11. The molecule has 0 unspecified atom stereocenters. The predicted octanol–water partition coefficient (Wildman–Crippen LogP) is 1.86. The second-order valence-corrected chi connectivity index (χ2v) is 3.66. The lowest BCUT2D eigenvalue weighted by Gasteiger charge is -2.15. The van der Waals surface area contributed by atoms with Crippen LogP contribution in [-0.4, -0.2) is 40.7 Å². The zero-order chi connectivity index (χ0) is 14.3. The van der Waals surface area contributed by atoms with Gasteiger partial charge in [-0.3, -0.25) is 4.79 Å². The number of rotatable bonds is 8. The zero-order valence-corrected chi connectivity index (χ0v) is 11.5. The summed E-state index contributed by atoms with van der Waals surface area (Å²) in [5, 5.41) is 0. The number of carbonyl (C=O) groups is 1. The third-order valence-electron chi connectivity index (χ3n) is 2.29. The van der Waals surface area contributed by atoms with Crippen LogP contribution in [0, 0.1) is 0 Å². The van der Waals surface area contributed by atoms with Gasteiger partial charge in [0.15, 0.2) is 19.4 Å². The fraction of sp³-hybridized carbons (Fsp3) is 0.462. The van der Waals surface area contributed by atoms with Crippen LogP contribution in [0.15, 0.2) is 12.1 Å². The van der Waals surface area contributed by atoms with Crippen molar-refractivity contribution in [2.75, 3.05) is 34.9 Å². The highest BCUT2D eigenvalue weighted by atomic mass is 16.7. The van der Waals surface area contributed by atoms with Crippen LogP contribution in [0.2, 0.25) is 0 Å². The Labute approximate surface area is 112 Å². The van der Waals surface area contributed by atoms with E-state index in [1.807, 2.05) is 0 Å². The van der Waals surface area contributed by atoms with E-state index < -0.39 is 0 Å². The molecule has 0 aromatic heterocycles. The summed E-state index contributed by atoms with van der Waals surface area (Å²) in [6, 6.07) is 3.20. The molecular weight excluding hydrogens is 252 g/mol. The lowest BCUT2D eigenvalue weighted by Crippen LogP contribution is -2.07. The highest BCUT2D eigenvalue weighted by molar-refractivity contribution is 6.00. The lowest BCUT2D eigenvalue weighted by molar-refractivity contribution is 0.0452. The normalized spacial score (nSPS) is 10.1. The van der Waals surface area contributed by atoms with Crippen molar-refractivity contribution in [3.63, 3.8) is 0 Å². The fourth-order valence-electron chi connectivity index (χ4n) is 1.52. The highest BCUT2D eigenvalue weighted by Gasteiger charge is 2.17. The number of hydrogen-bond donors (Lipinski definition) is 0. The molecule has 0 aliphatic carbocycles. The first-order valence-corrected chi connectivity index (χ1v) is 5.60. The van der Waals surface area contributed by atoms with Crippen molar-refractivity contribution in [3.05, 3.63) is 17.7 Å². The molecule has 0 saturated heterocycles. The van der Waals surface area contributed by atoms with E-state index in [1.54, 1.807) is 12.1 Å². The van der Waals surface area contributed by atoms with Gasteiger partial charge in [-0.05, 0) is 6.92 Å². The molecule has 0 amide bonds. The SMILES string of the molecule is COCOc1cc(OC)c(C(C)=O)c(OCOC)c1. The van der Waals surface area contributed by atoms with E-state index in [9.17, 15) is 4.79 Å². The van der Waals surface area contributed by atoms with Crippen molar-refractivity contribution in [2.24, 2.45) is 0 Å². The van der Waals surface area contributed by atoms with Gasteiger partial charge in [-0.2, -0.15) is 0 Å². The maximum Gasteiger partial charge on any atom is 0.188 e. The molecule has 0 saturated carbocycles. The molecule has 0 aliphatic rings. The zero-order valence-electron chi connectivity index (χ0n) is 11.5. The van der Waals surface area contributed by atoms with Crippen molar-refractivity contribution < 1.29 is 28.5 Å². The van der Waals surface area contributed by atoms with Gasteiger partial charge >= 0.3 is 0 Å². The van der Waals surface area contributed by atoms with Crippen LogP contribution < -0.4 is 14.2 Å². The lowest BCUT2D eigenvalue weighted by atomic mass is 10.1. The van der Waals surface area contributed by atoms with E-state index in [-0.39, 0.29) is 19.4 Å². The number of carbonyl (C=O) groups excluding carboxylic acids is 1.